The fourth-order valence-corrected chi connectivity index (χ4v) is 11.2. The molecule has 15 heteroatoms. The molecule has 11 nitrogen and oxygen atoms in total. The molecular formula is C87H94Na4O11+2. The summed E-state index contributed by atoms with van der Waals surface area (Å²) in [6, 6.07) is 77.5. The summed E-state index contributed by atoms with van der Waals surface area (Å²) in [5.41, 5.74) is 10.4. The van der Waals surface area contributed by atoms with Crippen LogP contribution in [0.5, 0.6) is 63.2 Å². The zero-order valence-corrected chi connectivity index (χ0v) is 70.2. The number of hydrogen-bond donors (Lipinski definition) is 9. The average molecular weight is 1410 g/mol. The van der Waals surface area contributed by atoms with Gasteiger partial charge in [0.25, 0.3) is 0 Å². The molecule has 0 amide bonds. The van der Waals surface area contributed by atoms with E-state index < -0.39 is 10.8 Å². The topological polar surface area (TPSA) is 228 Å². The molecule has 102 heavy (non-hydrogen) atoms. The van der Waals surface area contributed by atoms with Crippen LogP contribution in [0.4, 0.5) is 0 Å². The summed E-state index contributed by atoms with van der Waals surface area (Å²) >= 11 is 0. The molecule has 1 aliphatic rings. The first-order valence-electron chi connectivity index (χ1n) is 32.8. The molecule has 0 heterocycles. The zero-order valence-electron chi connectivity index (χ0n) is 63.2. The van der Waals surface area contributed by atoms with E-state index in [1.54, 1.807) is 127 Å². The minimum absolute atomic E-state index is 0. The Hall–Kier alpha value is -6.78. The maximum atomic E-state index is 12.7. The van der Waals surface area contributed by atoms with Crippen LogP contribution in [0.15, 0.2) is 255 Å². The fourth-order valence-electron chi connectivity index (χ4n) is 11.2. The van der Waals surface area contributed by atoms with E-state index in [9.17, 15) is 51.1 Å². The van der Waals surface area contributed by atoms with E-state index in [-0.39, 0.29) is 205 Å². The summed E-state index contributed by atoms with van der Waals surface area (Å²) in [4.78, 5) is 0. The molecule has 9 N–H and O–H groups in total. The first kappa shape index (κ1) is 89.4. The quantitative estimate of drug-likeness (QED) is 0.0448. The summed E-state index contributed by atoms with van der Waals surface area (Å²) in [5, 5.41) is 109. The Morgan fingerprint density at radius 3 is 0.735 bits per heavy atom. The normalized spacial score (nSPS) is 11.5. The minimum Gasteiger partial charge on any atom is -0.872 e. The second-order valence-corrected chi connectivity index (χ2v) is 27.9. The molecule has 1 aliphatic carbocycles. The van der Waals surface area contributed by atoms with Crippen LogP contribution in [0.3, 0.4) is 0 Å². The standard InChI is InChI=1S/2C24H26O3.2C15H16O2.C6H5O.C3H6.4Na/c2*1-23(2,16-5-10-19(25)11-6-16)18-9-14-22(27)21(15-18)24(3,4)17-7-12-20(26)13-8-17;2*1-15(2,11-3-7-13(16)8-4-11)12-5-9-14(17)10-6-12;7-6-4-2-1-3-5-6;1-2-3-1;;;;/h2*5-15,25-27H,1-4H3;2*3-10,16-17H,1-2H3;1-2,4-5,7H;1-3H2;;;;/q;;;;-1;;4*+1/p-1. The molecule has 11 aromatic rings. The minimum atomic E-state index is -0.494. The Balaban J connectivity index is 0.000000445. The van der Waals surface area contributed by atoms with Crippen molar-refractivity contribution in [2.45, 2.75) is 135 Å². The van der Waals surface area contributed by atoms with E-state index in [0.29, 0.717) is 0 Å². The van der Waals surface area contributed by atoms with Gasteiger partial charge in [-0.25, -0.2) is 0 Å². The summed E-state index contributed by atoms with van der Waals surface area (Å²) in [6.45, 7) is 25.1. The average Bonchev–Trinajstić information content (AvgIpc) is 1.71. The van der Waals surface area contributed by atoms with Gasteiger partial charge in [0.2, 0.25) is 0 Å². The fraction of sp³-hybridized carbons (Fsp3) is 0.241. The van der Waals surface area contributed by atoms with E-state index in [1.807, 2.05) is 129 Å². The van der Waals surface area contributed by atoms with E-state index in [4.69, 9.17) is 5.11 Å². The zero-order chi connectivity index (χ0) is 71.8. The van der Waals surface area contributed by atoms with Crippen molar-refractivity contribution in [2.24, 2.45) is 0 Å². The Kier molecular flexibility index (Phi) is 34.5. The molecular weight excluding hydrogens is 1310 g/mol. The van der Waals surface area contributed by atoms with Crippen LogP contribution in [-0.4, -0.2) is 46.0 Å². The monoisotopic (exact) mass is 1410 g/mol. The number of rotatable bonds is 12. The Labute approximate surface area is 694 Å². The Morgan fingerprint density at radius 1 is 0.265 bits per heavy atom. The van der Waals surface area contributed by atoms with E-state index in [2.05, 4.69) is 81.4 Å². The number of phenols is 9. The third-order valence-corrected chi connectivity index (χ3v) is 18.5. The summed E-state index contributed by atoms with van der Waals surface area (Å²) in [7, 11) is 0. The van der Waals surface area contributed by atoms with Crippen LogP contribution < -0.4 is 128 Å². The molecule has 0 aliphatic heterocycles. The van der Waals surface area contributed by atoms with Crippen molar-refractivity contribution in [1.29, 1.82) is 0 Å². The van der Waals surface area contributed by atoms with E-state index in [0.717, 1.165) is 66.8 Å². The van der Waals surface area contributed by atoms with Crippen LogP contribution in [0.2, 0.25) is 0 Å². The maximum Gasteiger partial charge on any atom is 1.00 e. The van der Waals surface area contributed by atoms with Gasteiger partial charge >= 0.3 is 120 Å². The summed E-state index contributed by atoms with van der Waals surface area (Å²) in [5.74, 6) is 2.26. The number of benzene rings is 11. The molecule has 1 saturated carbocycles. The van der Waals surface area contributed by atoms with Crippen LogP contribution in [-0.2, 0) is 32.5 Å². The predicted molar refractivity (Wildman–Crippen MR) is 391 cm³/mol. The van der Waals surface area contributed by atoms with Gasteiger partial charge < -0.3 is 56.2 Å². The summed E-state index contributed by atoms with van der Waals surface area (Å²) < 4.78 is 0. The molecule has 510 valence electrons. The maximum absolute atomic E-state index is 12.7. The number of aromatic hydroxyl groups is 9. The second-order valence-electron chi connectivity index (χ2n) is 27.9. The van der Waals surface area contributed by atoms with Crippen molar-refractivity contribution in [1.82, 2.24) is 0 Å². The molecule has 0 aromatic heterocycles. The van der Waals surface area contributed by atoms with Crippen LogP contribution in [0, 0.1) is 6.07 Å². The van der Waals surface area contributed by atoms with E-state index >= 15 is 0 Å². The van der Waals surface area contributed by atoms with Gasteiger partial charge in [-0.3, -0.25) is 0 Å². The molecule has 1 fully saturated rings. The van der Waals surface area contributed by atoms with Crippen molar-refractivity contribution in [3.8, 4) is 63.2 Å². The van der Waals surface area contributed by atoms with Gasteiger partial charge in [-0.05, 0) is 152 Å². The largest absolute Gasteiger partial charge is 1.00 e. The van der Waals surface area contributed by atoms with Gasteiger partial charge in [0.1, 0.15) is 46.0 Å². The molecule has 0 unspecified atom stereocenters. The second kappa shape index (κ2) is 39.4. The molecule has 0 spiro atoms. The van der Waals surface area contributed by atoms with E-state index in [1.165, 1.54) is 25.3 Å². The van der Waals surface area contributed by atoms with Gasteiger partial charge in [-0.2, -0.15) is 18.2 Å². The summed E-state index contributed by atoms with van der Waals surface area (Å²) in [6.07, 6.45) is 4.50. The van der Waals surface area contributed by atoms with Crippen molar-refractivity contribution in [3.05, 3.63) is 328 Å². The molecule has 0 atom stereocenters. The molecule has 0 bridgehead atoms. The van der Waals surface area contributed by atoms with Gasteiger partial charge in [0.15, 0.2) is 0 Å². The number of phenolic OH excluding ortho intramolecular Hbond substituents is 9. The first-order valence-corrected chi connectivity index (χ1v) is 32.8. The van der Waals surface area contributed by atoms with Crippen molar-refractivity contribution >= 4 is 0 Å². The molecule has 12 rings (SSSR count). The van der Waals surface area contributed by atoms with Crippen LogP contribution >= 0.6 is 0 Å². The van der Waals surface area contributed by atoms with Gasteiger partial charge in [-0.1, -0.05) is 242 Å². The van der Waals surface area contributed by atoms with Crippen molar-refractivity contribution in [3.63, 3.8) is 0 Å². The van der Waals surface area contributed by atoms with Crippen molar-refractivity contribution < 1.29 is 176 Å². The molecule has 0 saturated heterocycles. The molecule has 0 radical (unpaired) electrons. The predicted octanol–water partition coefficient (Wildman–Crippen LogP) is 6.98. The smallest absolute Gasteiger partial charge is 0.872 e. The van der Waals surface area contributed by atoms with Gasteiger partial charge in [0, 0.05) is 43.8 Å². The third-order valence-electron chi connectivity index (χ3n) is 18.5. The SMILES string of the molecule is C1CC1.CC(C)(c1ccc(O)cc1)c1ccc(O)c(C(C)(C)c2ccc(O)cc2)c1.CC(C)(c1ccc(O)cc1)c1ccc(O)cc1.CC(C)(c1ccc(O)cc1)c1ccc([O-])c(C(C)(C)c2ccc(O)cc2)c1.CC(C)(c1ccc([O-])cc1)c1ccc(O)cc1.Oc1c[c-]ccc1.[H+].[Na+].[Na+].[Na+].[Na+]. The third kappa shape index (κ3) is 24.4. The molecule has 11 aromatic carbocycles. The first-order chi connectivity index (χ1) is 46.1. The van der Waals surface area contributed by atoms with Crippen LogP contribution in [0.1, 0.15) is 171 Å². The van der Waals surface area contributed by atoms with Gasteiger partial charge in [-0.15, -0.1) is 23.6 Å². The Bertz CT molecular complexity index is 3940. The Morgan fingerprint density at radius 2 is 0.490 bits per heavy atom. The number of hydrogen-bond acceptors (Lipinski definition) is 11. The van der Waals surface area contributed by atoms with Crippen molar-refractivity contribution in [2.75, 3.05) is 0 Å². The van der Waals surface area contributed by atoms with Crippen LogP contribution in [0.25, 0.3) is 0 Å². The van der Waals surface area contributed by atoms with Gasteiger partial charge in [0.05, 0.1) is 0 Å².